The highest BCUT2D eigenvalue weighted by Gasteiger charge is 2.11. The van der Waals surface area contributed by atoms with Crippen LogP contribution >= 0.6 is 0 Å². The number of aromatic nitrogens is 2. The van der Waals surface area contributed by atoms with Gasteiger partial charge in [0.1, 0.15) is 11.6 Å². The van der Waals surface area contributed by atoms with Gasteiger partial charge in [-0.15, -0.1) is 0 Å². The van der Waals surface area contributed by atoms with Crippen LogP contribution in [0.15, 0.2) is 35.6 Å². The van der Waals surface area contributed by atoms with Crippen LogP contribution in [0.4, 0.5) is 8.78 Å². The molecule has 136 valence electrons. The molecule has 2 N–H and O–H groups in total. The Hall–Kier alpha value is -2.64. The molecule has 6 nitrogen and oxygen atoms in total. The van der Waals surface area contributed by atoms with Crippen LogP contribution in [-0.2, 0) is 13.1 Å². The minimum absolute atomic E-state index is 0.147. The average molecular weight is 351 g/mol. The zero-order valence-electron chi connectivity index (χ0n) is 14.6. The number of benzene rings is 1. The van der Waals surface area contributed by atoms with Crippen LogP contribution in [0.1, 0.15) is 30.4 Å². The van der Waals surface area contributed by atoms with E-state index in [9.17, 15) is 8.78 Å². The number of guanidine groups is 1. The maximum atomic E-state index is 12.9. The number of hydrogen-bond acceptors (Lipinski definition) is 3. The summed E-state index contributed by atoms with van der Waals surface area (Å²) in [6, 6.07) is 5.91. The summed E-state index contributed by atoms with van der Waals surface area (Å²) in [5.74, 6) is 1.54. The van der Waals surface area contributed by atoms with Crippen molar-refractivity contribution in [3.63, 3.8) is 0 Å². The number of methoxy groups -OCH3 is 1. The Morgan fingerprint density at radius 2 is 2.16 bits per heavy atom. The number of aliphatic imine (C=N–C) groups is 1. The van der Waals surface area contributed by atoms with E-state index in [4.69, 9.17) is 4.74 Å². The molecule has 0 saturated heterocycles. The summed E-state index contributed by atoms with van der Waals surface area (Å²) in [5.41, 5.74) is 2.05. The molecule has 2 rings (SSSR count). The number of alkyl halides is 2. The number of rotatable bonds is 7. The lowest BCUT2D eigenvalue weighted by Gasteiger charge is -2.13. The van der Waals surface area contributed by atoms with Crippen molar-refractivity contribution in [2.24, 2.45) is 4.99 Å². The monoisotopic (exact) mass is 351 g/mol. The summed E-state index contributed by atoms with van der Waals surface area (Å²) >= 11 is 0. The van der Waals surface area contributed by atoms with Crippen LogP contribution in [0.25, 0.3) is 0 Å². The molecule has 0 aliphatic heterocycles. The molecule has 0 amide bonds. The van der Waals surface area contributed by atoms with Crippen molar-refractivity contribution in [1.29, 1.82) is 0 Å². The maximum Gasteiger partial charge on any atom is 0.319 e. The van der Waals surface area contributed by atoms with E-state index in [1.165, 1.54) is 12.4 Å². The van der Waals surface area contributed by atoms with Gasteiger partial charge in [0.25, 0.3) is 0 Å². The van der Waals surface area contributed by atoms with Crippen molar-refractivity contribution < 1.29 is 13.5 Å². The summed E-state index contributed by atoms with van der Waals surface area (Å²) in [6.07, 6.45) is 2.60. The third-order valence-electron chi connectivity index (χ3n) is 3.57. The average Bonchev–Trinajstić information content (AvgIpc) is 3.07. The zero-order valence-corrected chi connectivity index (χ0v) is 14.6. The summed E-state index contributed by atoms with van der Waals surface area (Å²) in [4.78, 5) is 8.43. The molecule has 2 aromatic rings. The fraction of sp³-hybridized carbons (Fsp3) is 0.412. The predicted octanol–water partition coefficient (Wildman–Crippen LogP) is 2.85. The summed E-state index contributed by atoms with van der Waals surface area (Å²) in [5, 5.41) is 6.11. The van der Waals surface area contributed by atoms with Gasteiger partial charge in [-0.1, -0.05) is 12.1 Å². The van der Waals surface area contributed by atoms with Gasteiger partial charge >= 0.3 is 6.55 Å². The van der Waals surface area contributed by atoms with E-state index in [2.05, 4.69) is 20.6 Å². The van der Waals surface area contributed by atoms with Crippen LogP contribution < -0.4 is 15.4 Å². The lowest BCUT2D eigenvalue weighted by atomic mass is 10.1. The van der Waals surface area contributed by atoms with Gasteiger partial charge in [-0.3, -0.25) is 4.57 Å². The Bertz CT molecular complexity index is 715. The molecule has 0 fully saturated rings. The number of halogens is 2. The molecule has 1 heterocycles. The SMILES string of the molecule is CCNC(=NCc1ccc(C)cc1OC)NCc1nccn1C(F)F. The van der Waals surface area contributed by atoms with Gasteiger partial charge in [0.05, 0.1) is 20.2 Å². The van der Waals surface area contributed by atoms with Crippen molar-refractivity contribution in [2.45, 2.75) is 33.5 Å². The van der Waals surface area contributed by atoms with E-state index < -0.39 is 6.55 Å². The van der Waals surface area contributed by atoms with Crippen molar-refractivity contribution >= 4 is 5.96 Å². The maximum absolute atomic E-state index is 12.9. The molecule has 1 aromatic carbocycles. The Morgan fingerprint density at radius 1 is 1.36 bits per heavy atom. The number of nitrogens with zero attached hydrogens (tertiary/aromatic N) is 3. The van der Waals surface area contributed by atoms with Crippen molar-refractivity contribution in [1.82, 2.24) is 20.2 Å². The van der Waals surface area contributed by atoms with Crippen molar-refractivity contribution in [3.05, 3.63) is 47.5 Å². The number of nitrogens with one attached hydrogen (secondary N) is 2. The molecule has 0 unspecified atom stereocenters. The number of hydrogen-bond donors (Lipinski definition) is 2. The van der Waals surface area contributed by atoms with Crippen LogP contribution in [0, 0.1) is 6.92 Å². The third-order valence-corrected chi connectivity index (χ3v) is 3.57. The molecule has 1 aromatic heterocycles. The van der Waals surface area contributed by atoms with E-state index in [1.54, 1.807) is 7.11 Å². The Morgan fingerprint density at radius 3 is 2.84 bits per heavy atom. The highest BCUT2D eigenvalue weighted by Crippen LogP contribution is 2.20. The second kappa shape index (κ2) is 9.00. The van der Waals surface area contributed by atoms with Crippen molar-refractivity contribution in [3.8, 4) is 5.75 Å². The molecule has 0 radical (unpaired) electrons. The van der Waals surface area contributed by atoms with Gasteiger partial charge in [-0.2, -0.15) is 8.78 Å². The molecule has 0 saturated carbocycles. The Labute approximate surface area is 145 Å². The standard InChI is InChI=1S/C17H23F2N5O/c1-4-20-17(23-11-15-21-7-8-24(15)16(18)19)22-10-13-6-5-12(2)9-14(13)25-3/h5-9,16H,4,10-11H2,1-3H3,(H2,20,22,23). The lowest BCUT2D eigenvalue weighted by Crippen LogP contribution is -2.37. The highest BCUT2D eigenvalue weighted by molar-refractivity contribution is 5.79. The summed E-state index contributed by atoms with van der Waals surface area (Å²) < 4.78 is 31.9. The first-order valence-corrected chi connectivity index (χ1v) is 8.00. The van der Waals surface area contributed by atoms with Crippen LogP contribution in [0.3, 0.4) is 0 Å². The van der Waals surface area contributed by atoms with E-state index in [0.717, 1.165) is 21.4 Å². The molecular weight excluding hydrogens is 328 g/mol. The van der Waals surface area contributed by atoms with Crippen molar-refractivity contribution in [2.75, 3.05) is 13.7 Å². The molecule has 0 spiro atoms. The number of ether oxygens (including phenoxy) is 1. The van der Waals surface area contributed by atoms with Gasteiger partial charge in [0, 0.05) is 24.5 Å². The number of aryl methyl sites for hydroxylation is 1. The summed E-state index contributed by atoms with van der Waals surface area (Å²) in [6.45, 7) is 2.52. The molecule has 0 atom stereocenters. The lowest BCUT2D eigenvalue weighted by molar-refractivity contribution is 0.0668. The summed E-state index contributed by atoms with van der Waals surface area (Å²) in [7, 11) is 1.62. The fourth-order valence-electron chi connectivity index (χ4n) is 2.31. The largest absolute Gasteiger partial charge is 0.496 e. The molecule has 0 aliphatic rings. The third kappa shape index (κ3) is 5.17. The highest BCUT2D eigenvalue weighted by atomic mass is 19.3. The topological polar surface area (TPSA) is 63.5 Å². The first-order valence-electron chi connectivity index (χ1n) is 8.00. The van der Waals surface area contributed by atoms with Crippen LogP contribution in [-0.4, -0.2) is 29.2 Å². The quantitative estimate of drug-likeness (QED) is 0.595. The van der Waals surface area contributed by atoms with E-state index >= 15 is 0 Å². The Kier molecular flexibility index (Phi) is 6.73. The second-order valence-electron chi connectivity index (χ2n) is 5.39. The van der Waals surface area contributed by atoms with Gasteiger partial charge in [0.2, 0.25) is 0 Å². The van der Waals surface area contributed by atoms with Crippen LogP contribution in [0.5, 0.6) is 5.75 Å². The fourth-order valence-corrected chi connectivity index (χ4v) is 2.31. The van der Waals surface area contributed by atoms with Crippen LogP contribution in [0.2, 0.25) is 0 Å². The zero-order chi connectivity index (χ0) is 18.2. The van der Waals surface area contributed by atoms with Gasteiger partial charge in [-0.05, 0) is 25.5 Å². The first kappa shape index (κ1) is 18.7. The van der Waals surface area contributed by atoms with Gasteiger partial charge in [-0.25, -0.2) is 9.98 Å². The molecule has 0 bridgehead atoms. The minimum atomic E-state index is -2.62. The smallest absolute Gasteiger partial charge is 0.319 e. The molecule has 25 heavy (non-hydrogen) atoms. The Balaban J connectivity index is 2.07. The molecule has 0 aliphatic carbocycles. The van der Waals surface area contributed by atoms with E-state index in [-0.39, 0.29) is 12.4 Å². The number of imidazole rings is 1. The normalized spacial score (nSPS) is 11.7. The van der Waals surface area contributed by atoms with E-state index in [0.29, 0.717) is 19.0 Å². The van der Waals surface area contributed by atoms with E-state index in [1.807, 2.05) is 32.0 Å². The van der Waals surface area contributed by atoms with Gasteiger partial charge < -0.3 is 15.4 Å². The minimum Gasteiger partial charge on any atom is -0.496 e. The molecular formula is C17H23F2N5O. The molecule has 8 heteroatoms. The second-order valence-corrected chi connectivity index (χ2v) is 5.39. The van der Waals surface area contributed by atoms with Gasteiger partial charge in [0.15, 0.2) is 5.96 Å². The first-order chi connectivity index (χ1) is 12.0. The predicted molar refractivity (Wildman–Crippen MR) is 92.9 cm³/mol.